The van der Waals surface area contributed by atoms with Crippen molar-refractivity contribution >= 4 is 29.5 Å². The highest BCUT2D eigenvalue weighted by Crippen LogP contribution is 2.23. The number of ether oxygens (including phenoxy) is 1. The molecule has 2 aromatic rings. The van der Waals surface area contributed by atoms with E-state index in [9.17, 15) is 28.4 Å². The van der Waals surface area contributed by atoms with Crippen LogP contribution in [0.25, 0.3) is 0 Å². The second-order valence-electron chi connectivity index (χ2n) is 12.4. The number of para-hydroxylation sites is 1. The largest absolute Gasteiger partial charge is 0.491 e. The highest BCUT2D eigenvalue weighted by Gasteiger charge is 2.31. The van der Waals surface area contributed by atoms with Crippen molar-refractivity contribution in [1.29, 1.82) is 0 Å². The molecule has 1 aliphatic rings. The second-order valence-corrected chi connectivity index (χ2v) is 12.4. The zero-order chi connectivity index (χ0) is 33.3. The molecule has 11 nitrogen and oxygen atoms in total. The van der Waals surface area contributed by atoms with Gasteiger partial charge in [0.1, 0.15) is 30.3 Å². The van der Waals surface area contributed by atoms with Crippen LogP contribution < -0.4 is 26.0 Å². The summed E-state index contributed by atoms with van der Waals surface area (Å²) >= 11 is 0. The van der Waals surface area contributed by atoms with Crippen LogP contribution in [-0.2, 0) is 24.6 Å². The van der Waals surface area contributed by atoms with Gasteiger partial charge in [0.25, 0.3) is 5.91 Å². The molecule has 1 heterocycles. The molecule has 0 saturated heterocycles. The molecular formula is C33H44FN5O6. The first-order chi connectivity index (χ1) is 21.2. The fourth-order valence-corrected chi connectivity index (χ4v) is 4.86. The van der Waals surface area contributed by atoms with Crippen LogP contribution >= 0.6 is 0 Å². The highest BCUT2D eigenvalue weighted by molar-refractivity contribution is 6.00. The van der Waals surface area contributed by atoms with Crippen molar-refractivity contribution in [2.45, 2.75) is 71.0 Å². The normalized spacial score (nSPS) is 21.0. The summed E-state index contributed by atoms with van der Waals surface area (Å²) in [4.78, 5) is 67.1. The van der Waals surface area contributed by atoms with Crippen LogP contribution in [0.3, 0.4) is 0 Å². The lowest BCUT2D eigenvalue weighted by Gasteiger charge is -2.28. The van der Waals surface area contributed by atoms with Crippen LogP contribution in [0.2, 0.25) is 0 Å². The average Bonchev–Trinajstić information content (AvgIpc) is 2.98. The zero-order valence-electron chi connectivity index (χ0n) is 26.7. The van der Waals surface area contributed by atoms with E-state index in [0.29, 0.717) is 0 Å². The summed E-state index contributed by atoms with van der Waals surface area (Å²) < 4.78 is 19.4. The van der Waals surface area contributed by atoms with E-state index in [1.807, 2.05) is 13.8 Å². The van der Waals surface area contributed by atoms with Crippen LogP contribution in [0.1, 0.15) is 63.4 Å². The molecule has 0 aliphatic carbocycles. The fourth-order valence-electron chi connectivity index (χ4n) is 4.86. The number of halogens is 1. The number of carbonyl (C=O) groups excluding carboxylic acids is 5. The Morgan fingerprint density at radius 2 is 1.69 bits per heavy atom. The minimum absolute atomic E-state index is 0.0424. The Balaban J connectivity index is 1.87. The van der Waals surface area contributed by atoms with Crippen LogP contribution in [0.4, 0.5) is 4.39 Å². The van der Waals surface area contributed by atoms with Crippen molar-refractivity contribution in [3.63, 3.8) is 0 Å². The van der Waals surface area contributed by atoms with Crippen molar-refractivity contribution in [2.24, 2.45) is 5.92 Å². The molecule has 0 aromatic heterocycles. The van der Waals surface area contributed by atoms with Crippen molar-refractivity contribution < 1.29 is 33.1 Å². The lowest BCUT2D eigenvalue weighted by molar-refractivity contribution is -0.139. The maximum absolute atomic E-state index is 13.5. The van der Waals surface area contributed by atoms with Crippen LogP contribution in [0, 0.1) is 11.7 Å². The minimum atomic E-state index is -1.10. The summed E-state index contributed by atoms with van der Waals surface area (Å²) in [6, 6.07) is 10.1. The number of carbonyl (C=O) groups is 5. The number of fused-ring (bicyclic) bond motifs is 1. The van der Waals surface area contributed by atoms with Gasteiger partial charge in [0.2, 0.25) is 23.6 Å². The molecular weight excluding hydrogens is 581 g/mol. The van der Waals surface area contributed by atoms with Gasteiger partial charge in [-0.1, -0.05) is 52.0 Å². The van der Waals surface area contributed by atoms with E-state index in [1.165, 1.54) is 24.1 Å². The SMILES string of the molecule is CC(C)[C@@H]1NC(=O)CC[C@@H](C(=O)NCC(C)(C)c2ccc(F)cc2)NC(=O)c2ccccc2OC[C@H](C)NC(=O)CN(C)C1=O. The van der Waals surface area contributed by atoms with Gasteiger partial charge in [-0.2, -0.15) is 0 Å². The van der Waals surface area contributed by atoms with Gasteiger partial charge in [0, 0.05) is 25.4 Å². The number of rotatable bonds is 5. The van der Waals surface area contributed by atoms with Gasteiger partial charge in [-0.25, -0.2) is 4.39 Å². The van der Waals surface area contributed by atoms with Crippen LogP contribution in [0.15, 0.2) is 48.5 Å². The molecule has 0 spiro atoms. The Labute approximate surface area is 263 Å². The van der Waals surface area contributed by atoms with E-state index in [-0.39, 0.29) is 55.6 Å². The first kappa shape index (κ1) is 35.0. The third kappa shape index (κ3) is 10.0. The molecule has 2 aromatic carbocycles. The van der Waals surface area contributed by atoms with Gasteiger partial charge in [0.15, 0.2) is 0 Å². The molecule has 0 bridgehead atoms. The molecule has 45 heavy (non-hydrogen) atoms. The topological polar surface area (TPSA) is 146 Å². The summed E-state index contributed by atoms with van der Waals surface area (Å²) in [5.74, 6) is -2.82. The summed E-state index contributed by atoms with van der Waals surface area (Å²) in [6.07, 6.45) is -0.228. The maximum Gasteiger partial charge on any atom is 0.255 e. The van der Waals surface area contributed by atoms with Crippen molar-refractivity contribution in [3.8, 4) is 5.75 Å². The second kappa shape index (κ2) is 15.5. The van der Waals surface area contributed by atoms with Gasteiger partial charge in [0.05, 0.1) is 18.2 Å². The first-order valence-electron chi connectivity index (χ1n) is 15.1. The molecule has 244 valence electrons. The molecule has 3 rings (SSSR count). The molecule has 12 heteroatoms. The Kier molecular flexibility index (Phi) is 12.1. The monoisotopic (exact) mass is 625 g/mol. The Hall–Kier alpha value is -4.48. The number of nitrogens with one attached hydrogen (secondary N) is 4. The molecule has 5 amide bonds. The Morgan fingerprint density at radius 1 is 1.02 bits per heavy atom. The molecule has 0 radical (unpaired) electrons. The van der Waals surface area contributed by atoms with E-state index >= 15 is 0 Å². The van der Waals surface area contributed by atoms with Gasteiger partial charge >= 0.3 is 0 Å². The van der Waals surface area contributed by atoms with Gasteiger partial charge in [-0.15, -0.1) is 0 Å². The predicted molar refractivity (Wildman–Crippen MR) is 167 cm³/mol. The van der Waals surface area contributed by atoms with E-state index < -0.39 is 53.1 Å². The van der Waals surface area contributed by atoms with Crippen molar-refractivity contribution in [3.05, 3.63) is 65.5 Å². The lowest BCUT2D eigenvalue weighted by atomic mass is 9.84. The number of hydrogen-bond acceptors (Lipinski definition) is 6. The number of amides is 5. The third-order valence-electron chi connectivity index (χ3n) is 7.65. The van der Waals surface area contributed by atoms with E-state index in [2.05, 4.69) is 21.3 Å². The Morgan fingerprint density at radius 3 is 2.36 bits per heavy atom. The molecule has 4 N–H and O–H groups in total. The number of benzene rings is 2. The molecule has 0 unspecified atom stereocenters. The third-order valence-corrected chi connectivity index (χ3v) is 7.65. The quantitative estimate of drug-likeness (QED) is 0.401. The zero-order valence-corrected chi connectivity index (χ0v) is 26.7. The van der Waals surface area contributed by atoms with E-state index in [1.54, 1.807) is 57.2 Å². The average molecular weight is 626 g/mol. The first-order valence-corrected chi connectivity index (χ1v) is 15.1. The van der Waals surface area contributed by atoms with Crippen molar-refractivity contribution in [1.82, 2.24) is 26.2 Å². The van der Waals surface area contributed by atoms with Gasteiger partial charge in [-0.05, 0) is 49.1 Å². The van der Waals surface area contributed by atoms with Crippen molar-refractivity contribution in [2.75, 3.05) is 26.7 Å². The smallest absolute Gasteiger partial charge is 0.255 e. The highest BCUT2D eigenvalue weighted by atomic mass is 19.1. The summed E-state index contributed by atoms with van der Waals surface area (Å²) in [6.45, 7) is 9.07. The van der Waals surface area contributed by atoms with Gasteiger partial charge in [-0.3, -0.25) is 24.0 Å². The van der Waals surface area contributed by atoms with Crippen LogP contribution in [0.5, 0.6) is 5.75 Å². The molecule has 1 aliphatic heterocycles. The summed E-state index contributed by atoms with van der Waals surface area (Å²) in [7, 11) is 1.49. The molecule has 0 saturated carbocycles. The van der Waals surface area contributed by atoms with Crippen LogP contribution in [-0.4, -0.2) is 79.3 Å². The fraction of sp³-hybridized carbons (Fsp3) is 0.485. The summed E-state index contributed by atoms with van der Waals surface area (Å²) in [5, 5.41) is 11.1. The number of hydrogen-bond donors (Lipinski definition) is 4. The van der Waals surface area contributed by atoms with E-state index in [0.717, 1.165) is 5.56 Å². The predicted octanol–water partition coefficient (Wildman–Crippen LogP) is 2.29. The number of likely N-dealkylation sites (N-methyl/N-ethyl adjacent to an activating group) is 1. The lowest BCUT2D eigenvalue weighted by Crippen LogP contribution is -2.53. The minimum Gasteiger partial charge on any atom is -0.491 e. The van der Waals surface area contributed by atoms with E-state index in [4.69, 9.17) is 4.74 Å². The van der Waals surface area contributed by atoms with Gasteiger partial charge < -0.3 is 30.9 Å². The maximum atomic E-state index is 13.5. The molecule has 3 atom stereocenters. The number of nitrogens with zero attached hydrogens (tertiary/aromatic N) is 1. The standard InChI is InChI=1S/C33H44FN5O6/c1-20(2)29-32(44)39(6)17-28(41)36-21(3)18-45-26-10-8-7-9-24(26)30(42)37-25(15-16-27(40)38-29)31(43)35-19-33(4,5)22-11-13-23(34)14-12-22/h7-14,20-21,25,29H,15-19H2,1-6H3,(H,35,43)(H,36,41)(H,37,42)(H,38,40)/t21-,25-,29-/m0/s1. The Bertz CT molecular complexity index is 1380. The summed E-state index contributed by atoms with van der Waals surface area (Å²) in [5.41, 5.74) is 0.420. The molecule has 0 fully saturated rings.